The van der Waals surface area contributed by atoms with E-state index in [9.17, 15) is 4.79 Å². The van der Waals surface area contributed by atoms with Crippen molar-refractivity contribution in [2.45, 2.75) is 25.2 Å². The molecule has 2 amide bonds. The zero-order chi connectivity index (χ0) is 19.8. The lowest BCUT2D eigenvalue weighted by atomic mass is 10.00. The van der Waals surface area contributed by atoms with Crippen molar-refractivity contribution in [2.24, 2.45) is 0 Å². The van der Waals surface area contributed by atoms with E-state index in [-0.39, 0.29) is 0 Å². The van der Waals surface area contributed by atoms with Gasteiger partial charge < -0.3 is 14.4 Å². The zero-order valence-electron chi connectivity index (χ0n) is 15.8. The van der Waals surface area contributed by atoms with E-state index < -0.39 is 11.8 Å². The van der Waals surface area contributed by atoms with Crippen LogP contribution in [0.1, 0.15) is 18.4 Å². The molecular weight excluding hydrogens is 370 g/mol. The number of amides is 2. The van der Waals surface area contributed by atoms with Gasteiger partial charge in [-0.15, -0.1) is 0 Å². The van der Waals surface area contributed by atoms with E-state index in [4.69, 9.17) is 14.7 Å². The van der Waals surface area contributed by atoms with E-state index in [0.29, 0.717) is 32.5 Å². The molecule has 0 bridgehead atoms. The number of benzene rings is 2. The number of rotatable bonds is 1. The maximum absolute atomic E-state index is 11.6. The van der Waals surface area contributed by atoms with Crippen molar-refractivity contribution in [3.05, 3.63) is 60.3 Å². The quantitative estimate of drug-likeness (QED) is 0.488. The largest absolute Gasteiger partial charge is 0.462 e. The van der Waals surface area contributed by atoms with Crippen LogP contribution in [0.4, 0.5) is 4.79 Å². The number of likely N-dealkylation sites (tertiary alicyclic amines) is 1. The fourth-order valence-corrected chi connectivity index (χ4v) is 4.00. The molecule has 0 atom stereocenters. The SMILES string of the molecule is O=C(NO)N1CCC2(CC1)OCc1cc(-c3cc4ccccc4cn3)ccc1O2. The van der Waals surface area contributed by atoms with E-state index >= 15 is 0 Å². The van der Waals surface area contributed by atoms with Crippen LogP contribution in [0.25, 0.3) is 22.0 Å². The molecule has 2 N–H and O–H groups in total. The summed E-state index contributed by atoms with van der Waals surface area (Å²) in [5, 5.41) is 11.1. The van der Waals surface area contributed by atoms with Crippen LogP contribution in [-0.4, -0.2) is 40.0 Å². The molecule has 148 valence electrons. The number of pyridine rings is 1. The molecular formula is C22H21N3O4. The van der Waals surface area contributed by atoms with Crippen LogP contribution < -0.4 is 10.2 Å². The first-order valence-corrected chi connectivity index (χ1v) is 9.66. The smallest absolute Gasteiger partial charge is 0.341 e. The second-order valence-electron chi connectivity index (χ2n) is 7.44. The molecule has 1 spiro atoms. The van der Waals surface area contributed by atoms with Crippen molar-refractivity contribution >= 4 is 16.8 Å². The Bertz CT molecular complexity index is 1080. The zero-order valence-corrected chi connectivity index (χ0v) is 15.8. The number of nitrogens with zero attached hydrogens (tertiary/aromatic N) is 2. The Morgan fingerprint density at radius 1 is 1.10 bits per heavy atom. The van der Waals surface area contributed by atoms with E-state index in [0.717, 1.165) is 33.3 Å². The summed E-state index contributed by atoms with van der Waals surface area (Å²) >= 11 is 0. The van der Waals surface area contributed by atoms with Crippen LogP contribution in [-0.2, 0) is 11.3 Å². The van der Waals surface area contributed by atoms with Gasteiger partial charge in [-0.25, -0.2) is 10.3 Å². The van der Waals surface area contributed by atoms with Crippen molar-refractivity contribution in [2.75, 3.05) is 13.1 Å². The molecule has 3 aromatic rings. The van der Waals surface area contributed by atoms with Crippen molar-refractivity contribution < 1.29 is 19.5 Å². The maximum atomic E-state index is 11.6. The number of ether oxygens (including phenoxy) is 2. The lowest BCUT2D eigenvalue weighted by molar-refractivity contribution is -0.225. The summed E-state index contributed by atoms with van der Waals surface area (Å²) in [5.74, 6) is 0.0861. The Hall–Kier alpha value is -3.16. The predicted molar refractivity (Wildman–Crippen MR) is 106 cm³/mol. The van der Waals surface area contributed by atoms with Gasteiger partial charge in [-0.3, -0.25) is 10.2 Å². The van der Waals surface area contributed by atoms with E-state index in [1.165, 1.54) is 0 Å². The fraction of sp³-hybridized carbons (Fsp3) is 0.273. The number of nitrogens with one attached hydrogen (secondary N) is 1. The van der Waals surface area contributed by atoms with Crippen LogP contribution in [0.3, 0.4) is 0 Å². The van der Waals surface area contributed by atoms with Crippen molar-refractivity contribution in [3.63, 3.8) is 0 Å². The molecule has 0 aliphatic carbocycles. The molecule has 1 saturated heterocycles. The van der Waals surface area contributed by atoms with Gasteiger partial charge in [0.05, 0.1) is 12.3 Å². The second-order valence-corrected chi connectivity index (χ2v) is 7.44. The second kappa shape index (κ2) is 7.02. The summed E-state index contributed by atoms with van der Waals surface area (Å²) in [5.41, 5.74) is 4.59. The van der Waals surface area contributed by atoms with Crippen molar-refractivity contribution in [1.29, 1.82) is 0 Å². The van der Waals surface area contributed by atoms with E-state index in [1.54, 1.807) is 10.4 Å². The molecule has 0 saturated carbocycles. The number of fused-ring (bicyclic) bond motifs is 2. The van der Waals surface area contributed by atoms with Crippen molar-refractivity contribution in [3.8, 4) is 17.0 Å². The number of urea groups is 1. The van der Waals surface area contributed by atoms with Gasteiger partial charge in [-0.05, 0) is 29.7 Å². The van der Waals surface area contributed by atoms with Gasteiger partial charge in [0.2, 0.25) is 5.79 Å². The summed E-state index contributed by atoms with van der Waals surface area (Å²) < 4.78 is 12.3. The average Bonchev–Trinajstić information content (AvgIpc) is 2.78. The minimum atomic E-state index is -0.720. The Morgan fingerprint density at radius 3 is 2.69 bits per heavy atom. The highest BCUT2D eigenvalue weighted by atomic mass is 16.7. The number of hydroxylamine groups is 1. The van der Waals surface area contributed by atoms with Gasteiger partial charge in [0.25, 0.3) is 0 Å². The minimum Gasteiger partial charge on any atom is -0.462 e. The number of piperidine rings is 1. The van der Waals surface area contributed by atoms with Crippen molar-refractivity contribution in [1.82, 2.24) is 15.4 Å². The highest BCUT2D eigenvalue weighted by molar-refractivity contribution is 5.85. The molecule has 29 heavy (non-hydrogen) atoms. The number of aromatic nitrogens is 1. The molecule has 5 rings (SSSR count). The summed E-state index contributed by atoms with van der Waals surface area (Å²) in [6, 6.07) is 15.8. The lowest BCUT2D eigenvalue weighted by Crippen LogP contribution is -2.54. The monoisotopic (exact) mass is 391 g/mol. The van der Waals surface area contributed by atoms with Crippen LogP contribution in [0.15, 0.2) is 54.7 Å². The molecule has 0 unspecified atom stereocenters. The molecule has 2 aliphatic rings. The Morgan fingerprint density at radius 2 is 1.90 bits per heavy atom. The molecule has 1 fully saturated rings. The normalized spacial score (nSPS) is 17.6. The first-order chi connectivity index (χ1) is 14.2. The third-order valence-corrected chi connectivity index (χ3v) is 5.68. The fourth-order valence-electron chi connectivity index (χ4n) is 4.00. The molecule has 0 radical (unpaired) electrons. The molecule has 2 aromatic carbocycles. The lowest BCUT2D eigenvalue weighted by Gasteiger charge is -2.43. The predicted octanol–water partition coefficient (Wildman–Crippen LogP) is 3.70. The van der Waals surface area contributed by atoms with E-state index in [1.807, 2.05) is 30.5 Å². The highest BCUT2D eigenvalue weighted by Gasteiger charge is 2.41. The number of hydrogen-bond acceptors (Lipinski definition) is 5. The highest BCUT2D eigenvalue weighted by Crippen LogP contribution is 2.39. The summed E-state index contributed by atoms with van der Waals surface area (Å²) in [6.07, 6.45) is 2.99. The van der Waals surface area contributed by atoms with Crippen LogP contribution in [0.5, 0.6) is 5.75 Å². The average molecular weight is 391 g/mol. The Balaban J connectivity index is 1.36. The molecule has 1 aromatic heterocycles. The van der Waals surface area contributed by atoms with Crippen LogP contribution in [0, 0.1) is 0 Å². The Kier molecular flexibility index (Phi) is 4.34. The summed E-state index contributed by atoms with van der Waals surface area (Å²) in [6.45, 7) is 1.37. The third-order valence-electron chi connectivity index (χ3n) is 5.68. The van der Waals surface area contributed by atoms with Gasteiger partial charge in [-0.1, -0.05) is 24.3 Å². The van der Waals surface area contributed by atoms with Gasteiger partial charge in [0.15, 0.2) is 0 Å². The number of carbonyl (C=O) groups is 1. The van der Waals surface area contributed by atoms with Gasteiger partial charge in [0.1, 0.15) is 5.75 Å². The van der Waals surface area contributed by atoms with Crippen LogP contribution in [0.2, 0.25) is 0 Å². The van der Waals surface area contributed by atoms with Gasteiger partial charge >= 0.3 is 6.03 Å². The molecule has 3 heterocycles. The third kappa shape index (κ3) is 3.28. The maximum Gasteiger partial charge on any atom is 0.341 e. The molecule has 2 aliphatic heterocycles. The number of hydrogen-bond donors (Lipinski definition) is 2. The summed E-state index contributed by atoms with van der Waals surface area (Å²) in [7, 11) is 0. The Labute approximate surface area is 167 Å². The topological polar surface area (TPSA) is 83.9 Å². The number of carbonyl (C=O) groups excluding carboxylic acids is 1. The standard InChI is InChI=1S/C22H21N3O4/c26-21(24-27)25-9-7-22(8-10-25)28-14-18-11-16(5-6-20(18)29-22)19-12-15-3-1-2-4-17(15)13-23-19/h1-6,11-13,27H,7-10,14H2,(H,24,26). The van der Waals surface area contributed by atoms with Gasteiger partial charge in [0, 0.05) is 48.6 Å². The molecule has 7 heteroatoms. The van der Waals surface area contributed by atoms with E-state index in [2.05, 4.69) is 29.2 Å². The summed E-state index contributed by atoms with van der Waals surface area (Å²) in [4.78, 5) is 17.7. The molecule has 7 nitrogen and oxygen atoms in total. The van der Waals surface area contributed by atoms with Gasteiger partial charge in [-0.2, -0.15) is 0 Å². The minimum absolute atomic E-state index is 0.447. The first-order valence-electron chi connectivity index (χ1n) is 9.66. The first kappa shape index (κ1) is 17.9. The van der Waals surface area contributed by atoms with Crippen LogP contribution >= 0.6 is 0 Å².